The van der Waals surface area contributed by atoms with Gasteiger partial charge < -0.3 is 14.9 Å². The Morgan fingerprint density at radius 1 is 1.24 bits per heavy atom. The van der Waals surface area contributed by atoms with Crippen LogP contribution in [0.15, 0.2) is 0 Å². The van der Waals surface area contributed by atoms with Crippen molar-refractivity contribution in [2.45, 2.75) is 65.8 Å². The minimum Gasteiger partial charge on any atom is -0.481 e. The van der Waals surface area contributed by atoms with Crippen molar-refractivity contribution < 1.29 is 14.7 Å². The number of nitrogens with zero attached hydrogens (tertiary/aromatic N) is 2. The van der Waals surface area contributed by atoms with E-state index in [1.807, 2.05) is 23.6 Å². The number of carboxylic acids is 1. The maximum absolute atomic E-state index is 12.6. The Hall–Kier alpha value is -1.26. The molecule has 0 aromatic carbocycles. The monoisotopic (exact) mass is 298 g/mol. The van der Waals surface area contributed by atoms with E-state index in [4.69, 9.17) is 0 Å². The first-order chi connectivity index (χ1) is 9.91. The minimum absolute atomic E-state index is 0.0577. The molecule has 5 heteroatoms. The van der Waals surface area contributed by atoms with Crippen LogP contribution in [0.1, 0.15) is 59.8 Å². The second-order valence-corrected chi connectivity index (χ2v) is 6.15. The van der Waals surface area contributed by atoms with E-state index >= 15 is 0 Å². The highest BCUT2D eigenvalue weighted by molar-refractivity contribution is 5.77. The third-order valence-corrected chi connectivity index (χ3v) is 4.88. The van der Waals surface area contributed by atoms with Crippen LogP contribution >= 0.6 is 0 Å². The SMILES string of the molecule is CCCC1(C(=O)O)CCN(C(=O)N(CC)C(C)CC)CC1. The van der Waals surface area contributed by atoms with Gasteiger partial charge in [-0.2, -0.15) is 0 Å². The maximum Gasteiger partial charge on any atom is 0.320 e. The van der Waals surface area contributed by atoms with Gasteiger partial charge in [-0.25, -0.2) is 4.79 Å². The van der Waals surface area contributed by atoms with Crippen molar-refractivity contribution in [3.05, 3.63) is 0 Å². The fraction of sp³-hybridized carbons (Fsp3) is 0.875. The highest BCUT2D eigenvalue weighted by Gasteiger charge is 2.42. The van der Waals surface area contributed by atoms with Gasteiger partial charge in [-0.1, -0.05) is 20.3 Å². The molecule has 0 spiro atoms. The quantitative estimate of drug-likeness (QED) is 0.819. The molecule has 0 saturated carbocycles. The molecule has 21 heavy (non-hydrogen) atoms. The third-order valence-electron chi connectivity index (χ3n) is 4.88. The van der Waals surface area contributed by atoms with Gasteiger partial charge in [0.25, 0.3) is 0 Å². The summed E-state index contributed by atoms with van der Waals surface area (Å²) in [6, 6.07) is 0.284. The Morgan fingerprint density at radius 2 is 1.81 bits per heavy atom. The summed E-state index contributed by atoms with van der Waals surface area (Å²) in [4.78, 5) is 27.9. The van der Waals surface area contributed by atoms with Gasteiger partial charge in [0.1, 0.15) is 0 Å². The van der Waals surface area contributed by atoms with E-state index in [9.17, 15) is 14.7 Å². The van der Waals surface area contributed by atoms with Crippen LogP contribution in [0.25, 0.3) is 0 Å². The first-order valence-electron chi connectivity index (χ1n) is 8.20. The van der Waals surface area contributed by atoms with Crippen LogP contribution in [0.2, 0.25) is 0 Å². The van der Waals surface area contributed by atoms with Crippen LogP contribution in [-0.4, -0.2) is 52.6 Å². The Morgan fingerprint density at radius 3 is 2.19 bits per heavy atom. The van der Waals surface area contributed by atoms with Gasteiger partial charge in [-0.05, 0) is 39.5 Å². The summed E-state index contributed by atoms with van der Waals surface area (Å²) in [6.07, 6.45) is 3.64. The number of rotatable bonds is 6. The standard InChI is InChI=1S/C16H30N2O3/c1-5-8-16(14(19)20)9-11-17(12-10-16)15(21)18(7-3)13(4)6-2/h13H,5-12H2,1-4H3,(H,19,20). The molecule has 1 N–H and O–H groups in total. The van der Waals surface area contributed by atoms with Gasteiger partial charge in [-0.15, -0.1) is 0 Å². The number of hydrogen-bond acceptors (Lipinski definition) is 2. The fourth-order valence-electron chi connectivity index (χ4n) is 3.21. The van der Waals surface area contributed by atoms with Crippen molar-refractivity contribution in [3.8, 4) is 0 Å². The van der Waals surface area contributed by atoms with E-state index in [2.05, 4.69) is 13.8 Å². The van der Waals surface area contributed by atoms with E-state index in [0.29, 0.717) is 38.9 Å². The molecule has 1 saturated heterocycles. The minimum atomic E-state index is -0.703. The highest BCUT2D eigenvalue weighted by Crippen LogP contribution is 2.36. The predicted molar refractivity (Wildman–Crippen MR) is 83.3 cm³/mol. The van der Waals surface area contributed by atoms with E-state index in [1.54, 1.807) is 0 Å². The highest BCUT2D eigenvalue weighted by atomic mass is 16.4. The summed E-state index contributed by atoms with van der Waals surface area (Å²) < 4.78 is 0. The Balaban J connectivity index is 2.70. The lowest BCUT2D eigenvalue weighted by atomic mass is 9.75. The first-order valence-corrected chi connectivity index (χ1v) is 8.20. The Labute approximate surface area is 128 Å². The van der Waals surface area contributed by atoms with Crippen molar-refractivity contribution in [1.29, 1.82) is 0 Å². The molecule has 1 fully saturated rings. The molecule has 0 aromatic heterocycles. The molecular weight excluding hydrogens is 268 g/mol. The molecule has 122 valence electrons. The number of hydrogen-bond donors (Lipinski definition) is 1. The number of carbonyl (C=O) groups is 2. The third kappa shape index (κ3) is 3.89. The number of piperidine rings is 1. The summed E-state index contributed by atoms with van der Waals surface area (Å²) in [6.45, 7) is 9.95. The summed E-state index contributed by atoms with van der Waals surface area (Å²) in [5.41, 5.74) is -0.626. The van der Waals surface area contributed by atoms with Crippen molar-refractivity contribution in [2.24, 2.45) is 5.41 Å². The van der Waals surface area contributed by atoms with Crippen molar-refractivity contribution in [1.82, 2.24) is 9.80 Å². The molecule has 0 aliphatic carbocycles. The molecular formula is C16H30N2O3. The molecule has 2 amide bonds. The van der Waals surface area contributed by atoms with Crippen molar-refractivity contribution >= 4 is 12.0 Å². The lowest BCUT2D eigenvalue weighted by Gasteiger charge is -2.41. The average Bonchev–Trinajstić information content (AvgIpc) is 2.48. The van der Waals surface area contributed by atoms with Crippen molar-refractivity contribution in [3.63, 3.8) is 0 Å². The number of amides is 2. The molecule has 1 aliphatic heterocycles. The van der Waals surface area contributed by atoms with Gasteiger partial charge in [0.05, 0.1) is 5.41 Å². The molecule has 0 aromatic rings. The number of carboxylic acid groups (broad SMARTS) is 1. The number of aliphatic carboxylic acids is 1. The maximum atomic E-state index is 12.6. The summed E-state index contributed by atoms with van der Waals surface area (Å²) in [5.74, 6) is -0.703. The molecule has 1 atom stereocenters. The number of likely N-dealkylation sites (tertiary alicyclic amines) is 1. The van der Waals surface area contributed by atoms with Crippen LogP contribution in [0, 0.1) is 5.41 Å². The molecule has 5 nitrogen and oxygen atoms in total. The lowest BCUT2D eigenvalue weighted by Crippen LogP contribution is -2.52. The van der Waals surface area contributed by atoms with Crippen LogP contribution in [0.3, 0.4) is 0 Å². The van der Waals surface area contributed by atoms with E-state index in [0.717, 1.165) is 12.8 Å². The normalized spacial score (nSPS) is 19.1. The van der Waals surface area contributed by atoms with E-state index < -0.39 is 11.4 Å². The number of carbonyl (C=O) groups excluding carboxylic acids is 1. The van der Waals surface area contributed by atoms with Gasteiger partial charge in [0.15, 0.2) is 0 Å². The molecule has 1 aliphatic rings. The molecule has 1 unspecified atom stereocenters. The zero-order valence-corrected chi connectivity index (χ0v) is 13.9. The second kappa shape index (κ2) is 7.66. The summed E-state index contributed by atoms with van der Waals surface area (Å²) >= 11 is 0. The molecule has 0 radical (unpaired) electrons. The van der Waals surface area contributed by atoms with Gasteiger partial charge in [0, 0.05) is 25.7 Å². The zero-order chi connectivity index (χ0) is 16.0. The van der Waals surface area contributed by atoms with Crippen LogP contribution < -0.4 is 0 Å². The average molecular weight is 298 g/mol. The largest absolute Gasteiger partial charge is 0.481 e. The number of urea groups is 1. The van der Waals surface area contributed by atoms with E-state index in [-0.39, 0.29) is 12.1 Å². The summed E-state index contributed by atoms with van der Waals surface area (Å²) in [7, 11) is 0. The van der Waals surface area contributed by atoms with E-state index in [1.165, 1.54) is 0 Å². The zero-order valence-electron chi connectivity index (χ0n) is 13.9. The Kier molecular flexibility index (Phi) is 6.49. The smallest absolute Gasteiger partial charge is 0.320 e. The lowest BCUT2D eigenvalue weighted by molar-refractivity contribution is -0.152. The van der Waals surface area contributed by atoms with Crippen LogP contribution in [0.4, 0.5) is 4.79 Å². The van der Waals surface area contributed by atoms with Crippen LogP contribution in [0.5, 0.6) is 0 Å². The molecule has 1 heterocycles. The van der Waals surface area contributed by atoms with Crippen molar-refractivity contribution in [2.75, 3.05) is 19.6 Å². The van der Waals surface area contributed by atoms with Gasteiger partial charge in [0.2, 0.25) is 0 Å². The van der Waals surface area contributed by atoms with Gasteiger partial charge >= 0.3 is 12.0 Å². The topological polar surface area (TPSA) is 60.9 Å². The van der Waals surface area contributed by atoms with Gasteiger partial charge in [-0.3, -0.25) is 4.79 Å². The predicted octanol–water partition coefficient (Wildman–Crippen LogP) is 3.19. The second-order valence-electron chi connectivity index (χ2n) is 6.15. The first kappa shape index (κ1) is 17.8. The summed E-state index contributed by atoms with van der Waals surface area (Å²) in [5, 5.41) is 9.51. The fourth-order valence-corrected chi connectivity index (χ4v) is 3.21. The molecule has 1 rings (SSSR count). The Bertz CT molecular complexity index is 363. The van der Waals surface area contributed by atoms with Crippen LogP contribution in [-0.2, 0) is 4.79 Å². The molecule has 0 bridgehead atoms.